The zero-order chi connectivity index (χ0) is 17.3. The number of hydrogen-bond donors (Lipinski definition) is 2. The molecule has 0 spiro atoms. The lowest BCUT2D eigenvalue weighted by atomic mass is 10.1. The quantitative estimate of drug-likeness (QED) is 0.859. The Kier molecular flexibility index (Phi) is 4.60. The highest BCUT2D eigenvalue weighted by molar-refractivity contribution is 5.93. The van der Waals surface area contributed by atoms with Gasteiger partial charge in [-0.1, -0.05) is 18.2 Å². The van der Waals surface area contributed by atoms with Crippen LogP contribution in [0.1, 0.15) is 24.0 Å². The monoisotopic (exact) mass is 330 g/mol. The van der Waals surface area contributed by atoms with Gasteiger partial charge in [0.15, 0.2) is 0 Å². The fraction of sp³-hybridized carbons (Fsp3) is 0.556. The molecule has 2 amide bonds. The second kappa shape index (κ2) is 6.53. The number of carbonyl (C=O) groups excluding carboxylic acids is 2. The molecule has 0 aromatic heterocycles. The topological polar surface area (TPSA) is 78.7 Å². The van der Waals surface area contributed by atoms with E-state index in [4.69, 9.17) is 5.73 Å². The third-order valence-electron chi connectivity index (χ3n) is 4.99. The molecule has 24 heavy (non-hydrogen) atoms. The molecule has 1 aliphatic carbocycles. The number of piperazine rings is 1. The Bertz CT molecular complexity index is 626. The molecule has 1 saturated heterocycles. The van der Waals surface area contributed by atoms with Gasteiger partial charge in [0.2, 0.25) is 11.8 Å². The Hall–Kier alpha value is -1.92. The van der Waals surface area contributed by atoms with Gasteiger partial charge in [-0.05, 0) is 37.8 Å². The summed E-state index contributed by atoms with van der Waals surface area (Å²) in [6.07, 6.45) is 1.59. The first-order valence-corrected chi connectivity index (χ1v) is 8.56. The van der Waals surface area contributed by atoms with Crippen LogP contribution in [0.4, 0.5) is 5.69 Å². The zero-order valence-electron chi connectivity index (χ0n) is 14.5. The van der Waals surface area contributed by atoms with Gasteiger partial charge in [-0.3, -0.25) is 14.5 Å². The van der Waals surface area contributed by atoms with Crippen LogP contribution >= 0.6 is 0 Å². The second-order valence-corrected chi connectivity index (χ2v) is 7.04. The lowest BCUT2D eigenvalue weighted by Gasteiger charge is -2.35. The van der Waals surface area contributed by atoms with Gasteiger partial charge >= 0.3 is 0 Å². The Labute approximate surface area is 143 Å². The van der Waals surface area contributed by atoms with E-state index in [1.54, 1.807) is 0 Å². The average Bonchev–Trinajstić information content (AvgIpc) is 3.30. The van der Waals surface area contributed by atoms with E-state index in [9.17, 15) is 9.59 Å². The summed E-state index contributed by atoms with van der Waals surface area (Å²) in [7, 11) is 0. The molecule has 0 unspecified atom stereocenters. The number of amides is 2. The average molecular weight is 330 g/mol. The van der Waals surface area contributed by atoms with Crippen molar-refractivity contribution in [2.24, 2.45) is 5.73 Å². The molecule has 130 valence electrons. The summed E-state index contributed by atoms with van der Waals surface area (Å²) in [4.78, 5) is 28.5. The number of benzene rings is 1. The van der Waals surface area contributed by atoms with Crippen molar-refractivity contribution in [1.29, 1.82) is 0 Å². The summed E-state index contributed by atoms with van der Waals surface area (Å²) >= 11 is 0. The number of rotatable bonds is 4. The van der Waals surface area contributed by atoms with Crippen LogP contribution in [0.3, 0.4) is 0 Å². The van der Waals surface area contributed by atoms with Crippen LogP contribution in [0.25, 0.3) is 0 Å². The van der Waals surface area contributed by atoms with Crippen LogP contribution < -0.4 is 11.1 Å². The maximum absolute atomic E-state index is 12.3. The lowest BCUT2D eigenvalue weighted by Crippen LogP contribution is -2.55. The predicted octanol–water partition coefficient (Wildman–Crippen LogP) is 0.877. The van der Waals surface area contributed by atoms with Crippen LogP contribution in [-0.4, -0.2) is 59.9 Å². The Morgan fingerprint density at radius 3 is 2.25 bits per heavy atom. The molecule has 3 rings (SSSR count). The summed E-state index contributed by atoms with van der Waals surface area (Å²) in [5, 5.41) is 3.01. The molecule has 0 radical (unpaired) electrons. The van der Waals surface area contributed by atoms with E-state index in [-0.39, 0.29) is 11.8 Å². The molecule has 2 fully saturated rings. The number of hydrogen-bond acceptors (Lipinski definition) is 4. The van der Waals surface area contributed by atoms with E-state index in [1.807, 2.05) is 36.9 Å². The van der Waals surface area contributed by atoms with Crippen LogP contribution in [-0.2, 0) is 9.59 Å². The van der Waals surface area contributed by atoms with Crippen molar-refractivity contribution >= 4 is 17.5 Å². The van der Waals surface area contributed by atoms with Gasteiger partial charge < -0.3 is 16.0 Å². The Morgan fingerprint density at radius 2 is 1.71 bits per heavy atom. The standard InChI is InChI=1S/C18H26N4O2/c1-13-4-3-5-14(2)16(13)20-15(23)12-21-8-10-22(11-9-21)17(24)18(19)6-7-18/h3-5H,6-12,19H2,1-2H3,(H,20,23). The molecule has 0 atom stereocenters. The molecule has 1 heterocycles. The maximum atomic E-state index is 12.3. The number of anilines is 1. The molecule has 1 aromatic rings. The summed E-state index contributed by atoms with van der Waals surface area (Å²) in [6.45, 7) is 7.05. The number of nitrogens with zero attached hydrogens (tertiary/aromatic N) is 2. The van der Waals surface area contributed by atoms with E-state index in [0.29, 0.717) is 32.7 Å². The molecule has 0 bridgehead atoms. The number of nitrogens with one attached hydrogen (secondary N) is 1. The fourth-order valence-corrected chi connectivity index (χ4v) is 3.17. The van der Waals surface area contributed by atoms with Gasteiger partial charge in [0, 0.05) is 31.9 Å². The van der Waals surface area contributed by atoms with Crippen LogP contribution in [0.15, 0.2) is 18.2 Å². The third kappa shape index (κ3) is 3.60. The van der Waals surface area contributed by atoms with E-state index in [2.05, 4.69) is 10.2 Å². The fourth-order valence-electron chi connectivity index (χ4n) is 3.17. The molecule has 1 aliphatic heterocycles. The third-order valence-corrected chi connectivity index (χ3v) is 4.99. The van der Waals surface area contributed by atoms with Gasteiger partial charge in [-0.25, -0.2) is 0 Å². The van der Waals surface area contributed by atoms with Crippen LogP contribution in [0, 0.1) is 13.8 Å². The van der Waals surface area contributed by atoms with Crippen LogP contribution in [0.5, 0.6) is 0 Å². The molecule has 6 nitrogen and oxygen atoms in total. The molecular formula is C18H26N4O2. The van der Waals surface area contributed by atoms with Crippen molar-refractivity contribution in [3.63, 3.8) is 0 Å². The minimum Gasteiger partial charge on any atom is -0.339 e. The van der Waals surface area contributed by atoms with Gasteiger partial charge in [0.05, 0.1) is 12.1 Å². The van der Waals surface area contributed by atoms with E-state index >= 15 is 0 Å². The highest BCUT2D eigenvalue weighted by atomic mass is 16.2. The van der Waals surface area contributed by atoms with Crippen molar-refractivity contribution in [2.45, 2.75) is 32.2 Å². The normalized spacial score (nSPS) is 19.9. The molecule has 6 heteroatoms. The SMILES string of the molecule is Cc1cccc(C)c1NC(=O)CN1CCN(C(=O)C2(N)CC2)CC1. The Balaban J connectivity index is 1.49. The van der Waals surface area contributed by atoms with Gasteiger partial charge in [-0.15, -0.1) is 0 Å². The molecule has 3 N–H and O–H groups in total. The van der Waals surface area contributed by atoms with Crippen molar-refractivity contribution in [3.8, 4) is 0 Å². The highest BCUT2D eigenvalue weighted by Gasteiger charge is 2.48. The predicted molar refractivity (Wildman–Crippen MR) is 93.7 cm³/mol. The molecule has 1 saturated carbocycles. The highest BCUT2D eigenvalue weighted by Crippen LogP contribution is 2.34. The van der Waals surface area contributed by atoms with Crippen molar-refractivity contribution in [3.05, 3.63) is 29.3 Å². The van der Waals surface area contributed by atoms with E-state index < -0.39 is 5.54 Å². The van der Waals surface area contributed by atoms with E-state index in [0.717, 1.165) is 29.7 Å². The number of carbonyl (C=O) groups is 2. The number of nitrogens with two attached hydrogens (primary N) is 1. The molecule has 1 aromatic carbocycles. The van der Waals surface area contributed by atoms with Crippen molar-refractivity contribution in [2.75, 3.05) is 38.0 Å². The van der Waals surface area contributed by atoms with Gasteiger partial charge in [0.25, 0.3) is 0 Å². The molecular weight excluding hydrogens is 304 g/mol. The first kappa shape index (κ1) is 16.9. The summed E-state index contributed by atoms with van der Waals surface area (Å²) < 4.78 is 0. The zero-order valence-corrected chi connectivity index (χ0v) is 14.5. The second-order valence-electron chi connectivity index (χ2n) is 7.04. The first-order chi connectivity index (χ1) is 11.4. The minimum absolute atomic E-state index is 0.00957. The van der Waals surface area contributed by atoms with E-state index in [1.165, 1.54) is 0 Å². The number of aryl methyl sites for hydroxylation is 2. The minimum atomic E-state index is -0.595. The summed E-state index contributed by atoms with van der Waals surface area (Å²) in [6, 6.07) is 5.97. The van der Waals surface area contributed by atoms with Crippen molar-refractivity contribution in [1.82, 2.24) is 9.80 Å². The molecule has 2 aliphatic rings. The van der Waals surface area contributed by atoms with Gasteiger partial charge in [-0.2, -0.15) is 0 Å². The van der Waals surface area contributed by atoms with Crippen LogP contribution in [0.2, 0.25) is 0 Å². The smallest absolute Gasteiger partial charge is 0.242 e. The first-order valence-electron chi connectivity index (χ1n) is 8.56. The van der Waals surface area contributed by atoms with Crippen molar-refractivity contribution < 1.29 is 9.59 Å². The maximum Gasteiger partial charge on any atom is 0.242 e. The van der Waals surface area contributed by atoms with Gasteiger partial charge in [0.1, 0.15) is 0 Å². The summed E-state index contributed by atoms with van der Waals surface area (Å²) in [5.74, 6) is 0.0619. The largest absolute Gasteiger partial charge is 0.339 e. The lowest BCUT2D eigenvalue weighted by molar-refractivity contribution is -0.135. The Morgan fingerprint density at radius 1 is 1.12 bits per heavy atom. The number of para-hydroxylation sites is 1. The summed E-state index contributed by atoms with van der Waals surface area (Å²) in [5.41, 5.74) is 8.42.